The Hall–Kier alpha value is -1.55. The summed E-state index contributed by atoms with van der Waals surface area (Å²) >= 11 is 0.995. The van der Waals surface area contributed by atoms with Crippen LogP contribution in [0.3, 0.4) is 0 Å². The van der Waals surface area contributed by atoms with Gasteiger partial charge in [-0.25, -0.2) is 8.42 Å². The molecular formula is C11H9F3N2O3S2. The Balaban J connectivity index is 2.25. The molecule has 0 atom stereocenters. The highest BCUT2D eigenvalue weighted by Crippen LogP contribution is 2.33. The number of aromatic nitrogens is 1. The predicted octanol–water partition coefficient (Wildman–Crippen LogP) is 2.01. The molecule has 1 aromatic carbocycles. The first kappa shape index (κ1) is 14.4. The molecule has 1 aliphatic heterocycles. The van der Waals surface area contributed by atoms with E-state index in [0.29, 0.717) is 10.2 Å². The van der Waals surface area contributed by atoms with Gasteiger partial charge < -0.3 is 9.30 Å². The van der Waals surface area contributed by atoms with Crippen LogP contribution in [0.2, 0.25) is 0 Å². The Kier molecular flexibility index (Phi) is 3.06. The fraction of sp³-hybridized carbons (Fsp3) is 0.364. The lowest BCUT2D eigenvalue weighted by Gasteiger charge is -2.10. The molecule has 0 amide bonds. The van der Waals surface area contributed by atoms with Crippen LogP contribution in [0.5, 0.6) is 5.75 Å². The maximum Gasteiger partial charge on any atom is 0.573 e. The number of nitrogens with one attached hydrogen (secondary N) is 1. The number of thiazole rings is 1. The van der Waals surface area contributed by atoms with Gasteiger partial charge in [0.25, 0.3) is 0 Å². The lowest BCUT2D eigenvalue weighted by atomic mass is 10.2. The molecule has 0 radical (unpaired) electrons. The monoisotopic (exact) mass is 338 g/mol. The van der Waals surface area contributed by atoms with Gasteiger partial charge in [0, 0.05) is 6.54 Å². The molecule has 0 aliphatic carbocycles. The maximum atomic E-state index is 12.3. The first-order chi connectivity index (χ1) is 9.65. The summed E-state index contributed by atoms with van der Waals surface area (Å²) in [6, 6.07) is 2.27. The van der Waals surface area contributed by atoms with Crippen molar-refractivity contribution in [3.8, 4) is 5.75 Å². The van der Waals surface area contributed by atoms with Crippen molar-refractivity contribution in [2.24, 2.45) is 0 Å². The normalized spacial score (nSPS) is 17.7. The van der Waals surface area contributed by atoms with Gasteiger partial charge in [0.2, 0.25) is 0 Å². The third-order valence-electron chi connectivity index (χ3n) is 3.08. The second-order valence-electron chi connectivity index (χ2n) is 4.63. The Morgan fingerprint density at radius 1 is 1.33 bits per heavy atom. The molecule has 5 nitrogen and oxygen atoms in total. The van der Waals surface area contributed by atoms with E-state index in [1.807, 2.05) is 0 Å². The average molecular weight is 338 g/mol. The van der Waals surface area contributed by atoms with E-state index in [-0.39, 0.29) is 28.4 Å². The van der Waals surface area contributed by atoms with Crippen molar-refractivity contribution in [1.82, 2.24) is 4.57 Å². The summed E-state index contributed by atoms with van der Waals surface area (Å²) in [5.74, 6) is -0.954. The number of alkyl halides is 3. The topological polar surface area (TPSA) is 72.2 Å². The first-order valence-corrected chi connectivity index (χ1v) is 8.45. The van der Waals surface area contributed by atoms with Crippen LogP contribution in [0.15, 0.2) is 12.1 Å². The van der Waals surface area contributed by atoms with Crippen molar-refractivity contribution < 1.29 is 26.3 Å². The van der Waals surface area contributed by atoms with Gasteiger partial charge in [0.1, 0.15) is 5.75 Å². The molecular weight excluding hydrogens is 329 g/mol. The number of rotatable bonds is 1. The minimum atomic E-state index is -4.85. The summed E-state index contributed by atoms with van der Waals surface area (Å²) in [6.07, 6.45) is -4.85. The molecule has 0 spiro atoms. The lowest BCUT2D eigenvalue weighted by Crippen LogP contribution is -2.17. The van der Waals surface area contributed by atoms with Crippen LogP contribution in [-0.2, 0) is 22.1 Å². The van der Waals surface area contributed by atoms with Crippen molar-refractivity contribution in [2.75, 3.05) is 5.75 Å². The number of aryl methyl sites for hydroxylation is 1. The van der Waals surface area contributed by atoms with E-state index in [0.717, 1.165) is 17.4 Å². The van der Waals surface area contributed by atoms with E-state index in [4.69, 9.17) is 5.41 Å². The van der Waals surface area contributed by atoms with E-state index in [2.05, 4.69) is 4.74 Å². The zero-order valence-corrected chi connectivity index (χ0v) is 12.0. The Morgan fingerprint density at radius 3 is 2.71 bits per heavy atom. The molecule has 0 bridgehead atoms. The van der Waals surface area contributed by atoms with E-state index >= 15 is 0 Å². The van der Waals surface area contributed by atoms with Crippen LogP contribution in [-0.4, -0.2) is 25.1 Å². The SMILES string of the molecule is N=c1sc2cc(OC(F)(F)F)cc3c2n1CCS(=O)(=O)C3. The molecule has 0 fully saturated rings. The predicted molar refractivity (Wildman–Crippen MR) is 69.8 cm³/mol. The quantitative estimate of drug-likeness (QED) is 0.864. The number of hydrogen-bond donors (Lipinski definition) is 1. The lowest BCUT2D eigenvalue weighted by molar-refractivity contribution is -0.274. The van der Waals surface area contributed by atoms with Gasteiger partial charge in [0.15, 0.2) is 14.6 Å². The van der Waals surface area contributed by atoms with Crippen molar-refractivity contribution in [3.05, 3.63) is 22.5 Å². The van der Waals surface area contributed by atoms with Crippen LogP contribution in [0, 0.1) is 5.41 Å². The van der Waals surface area contributed by atoms with Crippen LogP contribution in [0.1, 0.15) is 5.56 Å². The van der Waals surface area contributed by atoms with Crippen LogP contribution in [0.25, 0.3) is 10.2 Å². The highest BCUT2D eigenvalue weighted by Gasteiger charge is 2.32. The van der Waals surface area contributed by atoms with Gasteiger partial charge in [-0.3, -0.25) is 5.41 Å². The minimum absolute atomic E-state index is 0.104. The fourth-order valence-electron chi connectivity index (χ4n) is 2.34. The third kappa shape index (κ3) is 2.77. The van der Waals surface area contributed by atoms with Crippen molar-refractivity contribution in [1.29, 1.82) is 5.41 Å². The minimum Gasteiger partial charge on any atom is -0.406 e. The second-order valence-corrected chi connectivity index (χ2v) is 7.84. The van der Waals surface area contributed by atoms with Gasteiger partial charge in [-0.1, -0.05) is 11.3 Å². The molecule has 0 unspecified atom stereocenters. The number of nitrogens with zero attached hydrogens (tertiary/aromatic N) is 1. The Bertz CT molecular complexity index is 880. The van der Waals surface area contributed by atoms with Crippen molar-refractivity contribution >= 4 is 31.4 Å². The highest BCUT2D eigenvalue weighted by molar-refractivity contribution is 7.90. The highest BCUT2D eigenvalue weighted by atomic mass is 32.2. The zero-order chi connectivity index (χ0) is 15.4. The first-order valence-electron chi connectivity index (χ1n) is 5.82. The van der Waals surface area contributed by atoms with Gasteiger partial charge in [-0.15, -0.1) is 13.2 Å². The van der Waals surface area contributed by atoms with Crippen LogP contribution < -0.4 is 9.54 Å². The van der Waals surface area contributed by atoms with Crippen molar-refractivity contribution in [2.45, 2.75) is 18.7 Å². The standard InChI is InChI=1S/C11H9F3N2O3S2/c12-11(13,14)19-7-3-6-5-21(17,18)2-1-16-9(6)8(4-7)20-10(16)15/h3-4,15H,1-2,5H2. The number of hydrogen-bond acceptors (Lipinski definition) is 5. The van der Waals surface area contributed by atoms with Crippen molar-refractivity contribution in [3.63, 3.8) is 0 Å². The van der Waals surface area contributed by atoms with E-state index in [9.17, 15) is 21.6 Å². The summed E-state index contributed by atoms with van der Waals surface area (Å²) < 4.78 is 66.5. The Labute approximate surface area is 121 Å². The molecule has 0 saturated heterocycles. The summed E-state index contributed by atoms with van der Waals surface area (Å²) in [4.78, 5) is 0.104. The van der Waals surface area contributed by atoms with E-state index in [1.54, 1.807) is 0 Å². The molecule has 114 valence electrons. The van der Waals surface area contributed by atoms with E-state index < -0.39 is 21.9 Å². The summed E-state index contributed by atoms with van der Waals surface area (Å²) in [5.41, 5.74) is 0.736. The molecule has 1 aromatic heterocycles. The summed E-state index contributed by atoms with van der Waals surface area (Å²) in [5, 5.41) is 7.83. The largest absolute Gasteiger partial charge is 0.573 e. The third-order valence-corrected chi connectivity index (χ3v) is 5.58. The average Bonchev–Trinajstić information content (AvgIpc) is 2.51. The maximum absolute atomic E-state index is 12.3. The van der Waals surface area contributed by atoms with Gasteiger partial charge in [0.05, 0.1) is 21.7 Å². The Morgan fingerprint density at radius 2 is 2.05 bits per heavy atom. The fourth-order valence-corrected chi connectivity index (χ4v) is 4.65. The number of benzene rings is 1. The van der Waals surface area contributed by atoms with Crippen LogP contribution in [0.4, 0.5) is 13.2 Å². The second kappa shape index (κ2) is 4.47. The molecule has 10 heteroatoms. The number of ether oxygens (including phenoxy) is 1. The molecule has 2 heterocycles. The smallest absolute Gasteiger partial charge is 0.406 e. The molecule has 1 aliphatic rings. The number of halogens is 3. The zero-order valence-electron chi connectivity index (χ0n) is 10.4. The van der Waals surface area contributed by atoms with Gasteiger partial charge in [-0.05, 0) is 17.7 Å². The molecule has 1 N–H and O–H groups in total. The number of sulfone groups is 1. The summed E-state index contributed by atoms with van der Waals surface area (Å²) in [6.45, 7) is 0.133. The molecule has 21 heavy (non-hydrogen) atoms. The molecule has 2 aromatic rings. The summed E-state index contributed by atoms with van der Waals surface area (Å²) in [7, 11) is -3.42. The molecule has 0 saturated carbocycles. The van der Waals surface area contributed by atoms with Gasteiger partial charge >= 0.3 is 6.36 Å². The van der Waals surface area contributed by atoms with Gasteiger partial charge in [-0.2, -0.15) is 0 Å². The van der Waals surface area contributed by atoms with Crippen LogP contribution >= 0.6 is 11.3 Å². The molecule has 3 rings (SSSR count). The van der Waals surface area contributed by atoms with E-state index in [1.165, 1.54) is 10.6 Å².